The van der Waals surface area contributed by atoms with Crippen molar-refractivity contribution in [2.45, 2.75) is 52.0 Å². The Labute approximate surface area is 123 Å². The summed E-state index contributed by atoms with van der Waals surface area (Å²) in [6, 6.07) is 5.39. The molecule has 0 aliphatic heterocycles. The van der Waals surface area contributed by atoms with Gasteiger partial charge in [0.2, 0.25) is 0 Å². The van der Waals surface area contributed by atoms with Crippen molar-refractivity contribution in [3.8, 4) is 0 Å². The van der Waals surface area contributed by atoms with Crippen LogP contribution in [0.5, 0.6) is 0 Å². The number of carbonyl (C=O) groups is 1. The molecular formula is C17H21NO3. The van der Waals surface area contributed by atoms with Gasteiger partial charge >= 0.3 is 5.76 Å². The van der Waals surface area contributed by atoms with E-state index in [0.717, 1.165) is 31.2 Å². The molecule has 1 fully saturated rings. The van der Waals surface area contributed by atoms with Gasteiger partial charge in [0.05, 0.1) is 5.52 Å². The Bertz CT molecular complexity index is 702. The number of hydrogen-bond donors (Lipinski definition) is 0. The number of ketones is 1. The molecule has 2 aromatic rings. The van der Waals surface area contributed by atoms with E-state index in [9.17, 15) is 9.59 Å². The van der Waals surface area contributed by atoms with Gasteiger partial charge in [-0.1, -0.05) is 25.7 Å². The van der Waals surface area contributed by atoms with Gasteiger partial charge in [0.15, 0.2) is 11.4 Å². The Hall–Kier alpha value is -1.84. The van der Waals surface area contributed by atoms with Gasteiger partial charge in [0.25, 0.3) is 0 Å². The molecule has 1 saturated carbocycles. The van der Waals surface area contributed by atoms with E-state index in [1.807, 2.05) is 19.1 Å². The maximum atomic E-state index is 12.6. The van der Waals surface area contributed by atoms with Crippen molar-refractivity contribution in [2.24, 2.45) is 5.92 Å². The van der Waals surface area contributed by atoms with Crippen LogP contribution in [0, 0.1) is 5.92 Å². The Balaban J connectivity index is 1.93. The maximum Gasteiger partial charge on any atom is 0.419 e. The van der Waals surface area contributed by atoms with Gasteiger partial charge < -0.3 is 4.42 Å². The summed E-state index contributed by atoms with van der Waals surface area (Å²) in [6.45, 7) is 2.47. The Morgan fingerprint density at radius 1 is 1.24 bits per heavy atom. The number of hydrogen-bond acceptors (Lipinski definition) is 3. The normalized spacial score (nSPS) is 17.0. The third kappa shape index (κ3) is 2.67. The number of oxazole rings is 1. The molecule has 4 heteroatoms. The third-order valence-corrected chi connectivity index (χ3v) is 4.49. The Morgan fingerprint density at radius 2 is 1.95 bits per heavy atom. The van der Waals surface area contributed by atoms with Crippen molar-refractivity contribution in [1.29, 1.82) is 0 Å². The first kappa shape index (κ1) is 14.1. The predicted octanol–water partition coefficient (Wildman–Crippen LogP) is 3.77. The summed E-state index contributed by atoms with van der Waals surface area (Å²) in [5.41, 5.74) is 1.95. The largest absolute Gasteiger partial charge is 0.419 e. The third-order valence-electron chi connectivity index (χ3n) is 4.49. The molecule has 1 aromatic heterocycles. The minimum Gasteiger partial charge on any atom is -0.408 e. The van der Waals surface area contributed by atoms with Crippen LogP contribution in [0.25, 0.3) is 11.1 Å². The van der Waals surface area contributed by atoms with E-state index in [0.29, 0.717) is 17.7 Å². The molecule has 0 atom stereocenters. The SMILES string of the molecule is CCn1c(=O)oc2cc(C(=O)C3CCCCCC3)ccc21. The number of benzene rings is 1. The molecule has 0 amide bonds. The second kappa shape index (κ2) is 5.88. The van der Waals surface area contributed by atoms with Gasteiger partial charge in [0, 0.05) is 18.0 Å². The van der Waals surface area contributed by atoms with Crippen LogP contribution in [0.15, 0.2) is 27.4 Å². The van der Waals surface area contributed by atoms with Crippen molar-refractivity contribution < 1.29 is 9.21 Å². The van der Waals surface area contributed by atoms with Crippen LogP contribution in [0.4, 0.5) is 0 Å². The van der Waals surface area contributed by atoms with E-state index in [1.54, 1.807) is 10.6 Å². The van der Waals surface area contributed by atoms with Crippen LogP contribution in [-0.4, -0.2) is 10.4 Å². The van der Waals surface area contributed by atoms with E-state index in [2.05, 4.69) is 0 Å². The molecule has 0 radical (unpaired) electrons. The van der Waals surface area contributed by atoms with Crippen LogP contribution < -0.4 is 5.76 Å². The number of aromatic nitrogens is 1. The van der Waals surface area contributed by atoms with E-state index in [1.165, 1.54) is 12.8 Å². The monoisotopic (exact) mass is 287 g/mol. The number of fused-ring (bicyclic) bond motifs is 1. The molecule has 0 saturated heterocycles. The summed E-state index contributed by atoms with van der Waals surface area (Å²) >= 11 is 0. The van der Waals surface area contributed by atoms with E-state index in [4.69, 9.17) is 4.42 Å². The zero-order chi connectivity index (χ0) is 14.8. The zero-order valence-corrected chi connectivity index (χ0v) is 12.4. The van der Waals surface area contributed by atoms with Gasteiger partial charge in [-0.2, -0.15) is 0 Å². The fourth-order valence-electron chi connectivity index (χ4n) is 3.30. The fraction of sp³-hybridized carbons (Fsp3) is 0.529. The van der Waals surface area contributed by atoms with E-state index in [-0.39, 0.29) is 17.5 Å². The fourth-order valence-corrected chi connectivity index (χ4v) is 3.30. The predicted molar refractivity (Wildman–Crippen MR) is 81.7 cm³/mol. The number of rotatable bonds is 3. The van der Waals surface area contributed by atoms with Crippen molar-refractivity contribution in [2.75, 3.05) is 0 Å². The smallest absolute Gasteiger partial charge is 0.408 e. The highest BCUT2D eigenvalue weighted by molar-refractivity contribution is 6.00. The summed E-state index contributed by atoms with van der Waals surface area (Å²) in [5.74, 6) is -0.0257. The average molecular weight is 287 g/mol. The van der Waals surface area contributed by atoms with Gasteiger partial charge in [-0.25, -0.2) is 4.79 Å². The molecule has 1 aliphatic carbocycles. The summed E-state index contributed by atoms with van der Waals surface area (Å²) in [4.78, 5) is 24.3. The highest BCUT2D eigenvalue weighted by atomic mass is 16.4. The second-order valence-electron chi connectivity index (χ2n) is 5.85. The Morgan fingerprint density at radius 3 is 2.62 bits per heavy atom. The molecular weight excluding hydrogens is 266 g/mol. The van der Waals surface area contributed by atoms with Crippen LogP contribution in [0.1, 0.15) is 55.8 Å². The lowest BCUT2D eigenvalue weighted by atomic mass is 9.91. The lowest BCUT2D eigenvalue weighted by Gasteiger charge is -2.12. The lowest BCUT2D eigenvalue weighted by molar-refractivity contribution is 0.0908. The number of carbonyl (C=O) groups excluding carboxylic acids is 1. The quantitative estimate of drug-likeness (QED) is 0.638. The minimum atomic E-state index is -0.355. The molecule has 1 heterocycles. The van der Waals surface area contributed by atoms with E-state index >= 15 is 0 Å². The standard InChI is InChI=1S/C17H21NO3/c1-2-18-14-10-9-13(11-15(14)21-17(18)20)16(19)12-7-5-3-4-6-8-12/h9-12H,2-8H2,1H3. The van der Waals surface area contributed by atoms with Gasteiger partial charge in [-0.05, 0) is 38.0 Å². The van der Waals surface area contributed by atoms with Crippen molar-refractivity contribution in [3.05, 3.63) is 34.3 Å². The second-order valence-corrected chi connectivity index (χ2v) is 5.85. The van der Waals surface area contributed by atoms with Crippen LogP contribution in [-0.2, 0) is 6.54 Å². The molecule has 4 nitrogen and oxygen atoms in total. The summed E-state index contributed by atoms with van der Waals surface area (Å²) in [5, 5.41) is 0. The minimum absolute atomic E-state index is 0.130. The topological polar surface area (TPSA) is 52.2 Å². The summed E-state index contributed by atoms with van der Waals surface area (Å²) in [7, 11) is 0. The average Bonchev–Trinajstić information content (AvgIpc) is 2.68. The zero-order valence-electron chi connectivity index (χ0n) is 12.4. The molecule has 0 N–H and O–H groups in total. The van der Waals surface area contributed by atoms with Gasteiger partial charge in [-0.3, -0.25) is 9.36 Å². The first-order valence-corrected chi connectivity index (χ1v) is 7.88. The van der Waals surface area contributed by atoms with Crippen LogP contribution in [0.2, 0.25) is 0 Å². The molecule has 1 aromatic carbocycles. The number of aryl methyl sites for hydroxylation is 1. The van der Waals surface area contributed by atoms with Crippen molar-refractivity contribution in [1.82, 2.24) is 4.57 Å². The lowest BCUT2D eigenvalue weighted by Crippen LogP contribution is -2.14. The number of nitrogens with zero attached hydrogens (tertiary/aromatic N) is 1. The highest BCUT2D eigenvalue weighted by Gasteiger charge is 2.22. The molecule has 0 unspecified atom stereocenters. The Kier molecular flexibility index (Phi) is 3.95. The molecule has 0 spiro atoms. The van der Waals surface area contributed by atoms with E-state index < -0.39 is 0 Å². The highest BCUT2D eigenvalue weighted by Crippen LogP contribution is 2.27. The van der Waals surface area contributed by atoms with Crippen LogP contribution >= 0.6 is 0 Å². The molecule has 1 aliphatic rings. The van der Waals surface area contributed by atoms with Gasteiger partial charge in [-0.15, -0.1) is 0 Å². The molecule has 21 heavy (non-hydrogen) atoms. The van der Waals surface area contributed by atoms with Gasteiger partial charge in [0.1, 0.15) is 0 Å². The first-order valence-electron chi connectivity index (χ1n) is 7.88. The summed E-state index contributed by atoms with van der Waals surface area (Å²) < 4.78 is 6.83. The number of Topliss-reactive ketones (excluding diaryl/α,β-unsaturated/α-hetero) is 1. The van der Waals surface area contributed by atoms with Crippen molar-refractivity contribution >= 4 is 16.9 Å². The molecule has 3 rings (SSSR count). The first-order chi connectivity index (χ1) is 10.2. The molecule has 0 bridgehead atoms. The maximum absolute atomic E-state index is 12.6. The van der Waals surface area contributed by atoms with Crippen molar-refractivity contribution in [3.63, 3.8) is 0 Å². The molecule has 112 valence electrons. The summed E-state index contributed by atoms with van der Waals surface area (Å²) in [6.07, 6.45) is 6.71. The van der Waals surface area contributed by atoms with Crippen LogP contribution in [0.3, 0.4) is 0 Å².